The molecule has 2 rings (SSSR count). The number of nitrogens with one attached hydrogen (secondary N) is 1. The van der Waals surface area contributed by atoms with Gasteiger partial charge in [-0.2, -0.15) is 5.26 Å². The minimum atomic E-state index is -0.146. The van der Waals surface area contributed by atoms with Crippen molar-refractivity contribution in [3.63, 3.8) is 0 Å². The van der Waals surface area contributed by atoms with Crippen molar-refractivity contribution in [2.24, 2.45) is 5.92 Å². The molecule has 0 aliphatic rings. The minimum Gasteiger partial charge on any atom is -0.493 e. The average molecular weight is 455 g/mol. The highest BCUT2D eigenvalue weighted by Gasteiger charge is 2.20. The summed E-state index contributed by atoms with van der Waals surface area (Å²) in [5.41, 5.74) is 1.48. The summed E-state index contributed by atoms with van der Waals surface area (Å²) in [4.78, 5) is 12.6. The van der Waals surface area contributed by atoms with Gasteiger partial charge in [-0.05, 0) is 56.0 Å². The zero-order valence-corrected chi connectivity index (χ0v) is 20.1. The first-order valence-electron chi connectivity index (χ1n) is 11.3. The van der Waals surface area contributed by atoms with Crippen molar-refractivity contribution in [1.29, 1.82) is 5.26 Å². The summed E-state index contributed by atoms with van der Waals surface area (Å²) >= 11 is 0. The first-order chi connectivity index (χ1) is 15.9. The molecule has 1 amide bonds. The van der Waals surface area contributed by atoms with Crippen LogP contribution in [0.4, 0.5) is 0 Å². The lowest BCUT2D eigenvalue weighted by Gasteiger charge is -2.24. The lowest BCUT2D eigenvalue weighted by Crippen LogP contribution is -2.31. The smallest absolute Gasteiger partial charge is 0.220 e. The first kappa shape index (κ1) is 25.9. The summed E-state index contributed by atoms with van der Waals surface area (Å²) in [5, 5.41) is 12.1. The molecule has 0 spiro atoms. The third-order valence-electron chi connectivity index (χ3n) is 5.01. The Morgan fingerprint density at radius 2 is 1.64 bits per heavy atom. The zero-order chi connectivity index (χ0) is 24.2. The molecule has 7 nitrogen and oxygen atoms in total. The number of methoxy groups -OCH3 is 1. The molecule has 2 aromatic rings. The monoisotopic (exact) mass is 454 g/mol. The van der Waals surface area contributed by atoms with Crippen molar-refractivity contribution in [1.82, 2.24) is 5.32 Å². The predicted molar refractivity (Wildman–Crippen MR) is 127 cm³/mol. The summed E-state index contributed by atoms with van der Waals surface area (Å²) in [5.74, 6) is 2.58. The Balaban J connectivity index is 1.96. The van der Waals surface area contributed by atoms with E-state index in [0.29, 0.717) is 61.2 Å². The van der Waals surface area contributed by atoms with Crippen LogP contribution in [0, 0.1) is 17.2 Å². The first-order valence-corrected chi connectivity index (χ1v) is 11.3. The fourth-order valence-electron chi connectivity index (χ4n) is 3.41. The predicted octanol–water partition coefficient (Wildman–Crippen LogP) is 5.04. The van der Waals surface area contributed by atoms with Crippen LogP contribution < -0.4 is 24.3 Å². The van der Waals surface area contributed by atoms with E-state index < -0.39 is 0 Å². The fourth-order valence-corrected chi connectivity index (χ4v) is 3.41. The maximum atomic E-state index is 12.6. The van der Waals surface area contributed by atoms with Gasteiger partial charge in [0.1, 0.15) is 0 Å². The van der Waals surface area contributed by atoms with Crippen molar-refractivity contribution >= 4 is 5.91 Å². The number of hydrogen-bond donors (Lipinski definition) is 1. The van der Waals surface area contributed by atoms with Gasteiger partial charge in [-0.15, -0.1) is 0 Å². The van der Waals surface area contributed by atoms with Crippen LogP contribution in [0.3, 0.4) is 0 Å². The van der Waals surface area contributed by atoms with Gasteiger partial charge in [0.05, 0.1) is 44.6 Å². The number of nitrogens with zero attached hydrogens (tertiary/aromatic N) is 1. The molecular weight excluding hydrogens is 420 g/mol. The largest absolute Gasteiger partial charge is 0.493 e. The van der Waals surface area contributed by atoms with Crippen LogP contribution in [0.15, 0.2) is 36.4 Å². The van der Waals surface area contributed by atoms with E-state index in [2.05, 4.69) is 25.2 Å². The van der Waals surface area contributed by atoms with E-state index >= 15 is 0 Å². The Morgan fingerprint density at radius 1 is 0.970 bits per heavy atom. The van der Waals surface area contributed by atoms with Gasteiger partial charge in [-0.25, -0.2) is 0 Å². The molecule has 0 aliphatic heterocycles. The van der Waals surface area contributed by atoms with Gasteiger partial charge in [0.2, 0.25) is 5.91 Å². The summed E-state index contributed by atoms with van der Waals surface area (Å²) in [6.07, 6.45) is 0.879. The standard InChI is InChI=1S/C26H34N2O5/c1-6-31-22-13-11-20(16-24(22)32-7-2)26(18(3)4)28-25(29)9-8-14-33-21-12-10-19(17-27)15-23(21)30-5/h10-13,15-16,18,26H,6-9,14H2,1-5H3,(H,28,29). The van der Waals surface area contributed by atoms with E-state index in [-0.39, 0.29) is 17.9 Å². The number of carbonyl (C=O) groups is 1. The van der Waals surface area contributed by atoms with Crippen molar-refractivity contribution in [2.75, 3.05) is 26.9 Å². The van der Waals surface area contributed by atoms with E-state index in [9.17, 15) is 4.79 Å². The summed E-state index contributed by atoms with van der Waals surface area (Å²) in [6.45, 7) is 9.46. The number of nitriles is 1. The topological polar surface area (TPSA) is 89.8 Å². The quantitative estimate of drug-likeness (QED) is 0.427. The fraction of sp³-hybridized carbons (Fsp3) is 0.462. The van der Waals surface area contributed by atoms with Gasteiger partial charge in [0.15, 0.2) is 23.0 Å². The normalized spacial score (nSPS) is 11.4. The van der Waals surface area contributed by atoms with Gasteiger partial charge in [-0.3, -0.25) is 4.79 Å². The van der Waals surface area contributed by atoms with Gasteiger partial charge < -0.3 is 24.3 Å². The zero-order valence-electron chi connectivity index (χ0n) is 20.1. The second kappa shape index (κ2) is 13.2. The van der Waals surface area contributed by atoms with E-state index in [0.717, 1.165) is 5.56 Å². The molecule has 0 saturated carbocycles. The molecular formula is C26H34N2O5. The molecule has 0 aliphatic carbocycles. The van der Waals surface area contributed by atoms with Crippen molar-refractivity contribution in [3.8, 4) is 29.1 Å². The summed E-state index contributed by atoms with van der Waals surface area (Å²) in [7, 11) is 1.53. The molecule has 7 heteroatoms. The SMILES string of the molecule is CCOc1ccc(C(NC(=O)CCCOc2ccc(C#N)cc2OC)C(C)C)cc1OCC. The Kier molecular flexibility index (Phi) is 10.4. The van der Waals surface area contributed by atoms with Crippen LogP contribution in [-0.4, -0.2) is 32.8 Å². The van der Waals surface area contributed by atoms with Gasteiger partial charge in [0.25, 0.3) is 0 Å². The number of carbonyl (C=O) groups excluding carboxylic acids is 1. The lowest BCUT2D eigenvalue weighted by atomic mass is 9.95. The molecule has 0 heterocycles. The van der Waals surface area contributed by atoms with E-state index in [1.165, 1.54) is 7.11 Å². The molecule has 0 radical (unpaired) electrons. The molecule has 0 bridgehead atoms. The third kappa shape index (κ3) is 7.60. The van der Waals surface area contributed by atoms with Crippen LogP contribution in [0.25, 0.3) is 0 Å². The molecule has 1 unspecified atom stereocenters. The van der Waals surface area contributed by atoms with E-state index in [1.54, 1.807) is 18.2 Å². The number of hydrogen-bond acceptors (Lipinski definition) is 6. The third-order valence-corrected chi connectivity index (χ3v) is 5.01. The van der Waals surface area contributed by atoms with Crippen LogP contribution in [-0.2, 0) is 4.79 Å². The van der Waals surface area contributed by atoms with Gasteiger partial charge >= 0.3 is 0 Å². The molecule has 1 atom stereocenters. The molecule has 0 saturated heterocycles. The van der Waals surface area contributed by atoms with Crippen LogP contribution in [0.2, 0.25) is 0 Å². The second-order valence-corrected chi connectivity index (χ2v) is 7.79. The number of rotatable bonds is 13. The van der Waals surface area contributed by atoms with Crippen LogP contribution in [0.5, 0.6) is 23.0 Å². The maximum Gasteiger partial charge on any atom is 0.220 e. The Morgan fingerprint density at radius 3 is 2.27 bits per heavy atom. The molecule has 33 heavy (non-hydrogen) atoms. The molecule has 0 fully saturated rings. The Hall–Kier alpha value is -3.40. The lowest BCUT2D eigenvalue weighted by molar-refractivity contribution is -0.122. The summed E-state index contributed by atoms with van der Waals surface area (Å²) in [6, 6.07) is 12.7. The average Bonchev–Trinajstić information content (AvgIpc) is 2.81. The van der Waals surface area contributed by atoms with Crippen molar-refractivity contribution in [3.05, 3.63) is 47.5 Å². The van der Waals surface area contributed by atoms with Gasteiger partial charge in [0, 0.05) is 12.5 Å². The number of amides is 1. The van der Waals surface area contributed by atoms with E-state index in [4.69, 9.17) is 24.2 Å². The van der Waals surface area contributed by atoms with Crippen molar-refractivity contribution < 1.29 is 23.7 Å². The van der Waals surface area contributed by atoms with Crippen molar-refractivity contribution in [2.45, 2.75) is 46.6 Å². The van der Waals surface area contributed by atoms with E-state index in [1.807, 2.05) is 32.0 Å². The highest BCUT2D eigenvalue weighted by atomic mass is 16.5. The maximum absolute atomic E-state index is 12.6. The molecule has 0 aromatic heterocycles. The highest BCUT2D eigenvalue weighted by molar-refractivity contribution is 5.76. The Labute approximate surface area is 196 Å². The van der Waals surface area contributed by atoms with Gasteiger partial charge in [-0.1, -0.05) is 19.9 Å². The summed E-state index contributed by atoms with van der Waals surface area (Å²) < 4.78 is 22.4. The second-order valence-electron chi connectivity index (χ2n) is 7.79. The Bertz CT molecular complexity index is 952. The number of benzene rings is 2. The van der Waals surface area contributed by atoms with Crippen LogP contribution in [0.1, 0.15) is 57.7 Å². The van der Waals surface area contributed by atoms with Crippen LogP contribution >= 0.6 is 0 Å². The molecule has 2 aromatic carbocycles. The minimum absolute atomic E-state index is 0.0454. The highest BCUT2D eigenvalue weighted by Crippen LogP contribution is 2.33. The molecule has 178 valence electrons. The molecule has 1 N–H and O–H groups in total. The number of ether oxygens (including phenoxy) is 4.